The van der Waals surface area contributed by atoms with Crippen molar-refractivity contribution in [2.24, 2.45) is 0 Å². The van der Waals surface area contributed by atoms with E-state index in [2.05, 4.69) is 31.3 Å². The zero-order chi connectivity index (χ0) is 57.1. The maximum atomic E-state index is 12.5. The Morgan fingerprint density at radius 2 is 0.595 bits per heavy atom. The predicted octanol–water partition coefficient (Wildman–Crippen LogP) is 23.3. The Morgan fingerprint density at radius 3 is 0.899 bits per heavy atom. The Labute approximate surface area is 494 Å². The molecule has 0 aromatic carbocycles. The normalized spacial score (nSPS) is 12.6. The van der Waals surface area contributed by atoms with E-state index in [1.54, 1.807) is 6.08 Å². The zero-order valence-corrected chi connectivity index (χ0v) is 53.6. The fourth-order valence-corrected chi connectivity index (χ4v) is 11.5. The predicted molar refractivity (Wildman–Crippen MR) is 347 cm³/mol. The molecule has 2 atom stereocenters. The molecule has 3 N–H and O–H groups in total. The molecule has 1 amide bonds. The maximum Gasteiger partial charge on any atom is 0.305 e. The number of allylic oxidation sites excluding steroid dienone is 3. The number of hydrogen-bond donors (Lipinski definition) is 3. The topological polar surface area (TPSA) is 95.9 Å². The molecular weight excluding hydrogens is 971 g/mol. The van der Waals surface area contributed by atoms with Crippen LogP contribution < -0.4 is 5.32 Å². The van der Waals surface area contributed by atoms with Crippen LogP contribution in [0.2, 0.25) is 0 Å². The summed E-state index contributed by atoms with van der Waals surface area (Å²) in [5.74, 6) is -0.0475. The van der Waals surface area contributed by atoms with Crippen LogP contribution in [0.3, 0.4) is 0 Å². The van der Waals surface area contributed by atoms with Crippen LogP contribution >= 0.6 is 0 Å². The summed E-state index contributed by atoms with van der Waals surface area (Å²) < 4.78 is 5.50. The Hall–Kier alpha value is -1.66. The van der Waals surface area contributed by atoms with E-state index >= 15 is 0 Å². The summed E-state index contributed by atoms with van der Waals surface area (Å²) >= 11 is 0. The molecule has 468 valence electrons. The summed E-state index contributed by atoms with van der Waals surface area (Å²) in [5.41, 5.74) is 0. The van der Waals surface area contributed by atoms with Crippen LogP contribution in [0.1, 0.15) is 406 Å². The van der Waals surface area contributed by atoms with Crippen LogP contribution in [0.4, 0.5) is 0 Å². The third-order valence-corrected chi connectivity index (χ3v) is 17.0. The van der Waals surface area contributed by atoms with E-state index in [1.807, 2.05) is 6.08 Å². The molecule has 6 nitrogen and oxygen atoms in total. The Kier molecular flexibility index (Phi) is 67.4. The largest absolute Gasteiger partial charge is 0.466 e. The van der Waals surface area contributed by atoms with E-state index in [9.17, 15) is 19.8 Å². The van der Waals surface area contributed by atoms with Gasteiger partial charge in [-0.3, -0.25) is 9.59 Å². The van der Waals surface area contributed by atoms with Gasteiger partial charge >= 0.3 is 5.97 Å². The van der Waals surface area contributed by atoms with Crippen molar-refractivity contribution in [2.45, 2.75) is 418 Å². The van der Waals surface area contributed by atoms with Gasteiger partial charge in [-0.2, -0.15) is 0 Å². The maximum absolute atomic E-state index is 12.5. The minimum Gasteiger partial charge on any atom is -0.466 e. The molecule has 0 bridgehead atoms. The molecular formula is C73H141NO5. The highest BCUT2D eigenvalue weighted by Gasteiger charge is 2.18. The Bertz CT molecular complexity index is 1230. The van der Waals surface area contributed by atoms with Crippen LogP contribution in [0, 0.1) is 0 Å². The molecule has 0 rings (SSSR count). The van der Waals surface area contributed by atoms with Crippen molar-refractivity contribution in [3.05, 3.63) is 24.3 Å². The lowest BCUT2D eigenvalue weighted by Gasteiger charge is -2.20. The Morgan fingerprint density at radius 1 is 0.342 bits per heavy atom. The molecule has 79 heavy (non-hydrogen) atoms. The van der Waals surface area contributed by atoms with Gasteiger partial charge in [0.25, 0.3) is 0 Å². The molecule has 6 heteroatoms. The fourth-order valence-electron chi connectivity index (χ4n) is 11.5. The molecule has 0 aromatic heterocycles. The first-order valence-electron chi connectivity index (χ1n) is 36.1. The van der Waals surface area contributed by atoms with Crippen molar-refractivity contribution < 1.29 is 24.5 Å². The summed E-state index contributed by atoms with van der Waals surface area (Å²) in [5, 5.41) is 23.2. The van der Waals surface area contributed by atoms with Crippen molar-refractivity contribution in [3.63, 3.8) is 0 Å². The van der Waals surface area contributed by atoms with Crippen molar-refractivity contribution >= 4 is 11.9 Å². The Balaban J connectivity index is 3.33. The van der Waals surface area contributed by atoms with Crippen molar-refractivity contribution in [1.82, 2.24) is 5.32 Å². The molecule has 0 heterocycles. The molecule has 0 saturated heterocycles. The van der Waals surface area contributed by atoms with Gasteiger partial charge in [0.2, 0.25) is 5.91 Å². The van der Waals surface area contributed by atoms with Crippen molar-refractivity contribution in [1.29, 1.82) is 0 Å². The van der Waals surface area contributed by atoms with Gasteiger partial charge in [-0.05, 0) is 57.8 Å². The second-order valence-corrected chi connectivity index (χ2v) is 24.9. The highest BCUT2D eigenvalue weighted by Crippen LogP contribution is 2.19. The third kappa shape index (κ3) is 65.4. The summed E-state index contributed by atoms with van der Waals surface area (Å²) in [6.45, 7) is 4.93. The van der Waals surface area contributed by atoms with E-state index < -0.39 is 12.1 Å². The lowest BCUT2D eigenvalue weighted by molar-refractivity contribution is -0.143. The number of aliphatic hydroxyl groups excluding tert-OH is 2. The zero-order valence-electron chi connectivity index (χ0n) is 53.6. The average Bonchev–Trinajstić information content (AvgIpc) is 3.45. The number of nitrogens with one attached hydrogen (secondary N) is 1. The summed E-state index contributed by atoms with van der Waals surface area (Å²) in [6.07, 6.45) is 87.0. The van der Waals surface area contributed by atoms with Gasteiger partial charge in [0.1, 0.15) is 0 Å². The molecule has 0 aromatic rings. The van der Waals surface area contributed by atoms with Gasteiger partial charge < -0.3 is 20.3 Å². The van der Waals surface area contributed by atoms with Crippen LogP contribution in [-0.4, -0.2) is 47.4 Å². The molecule has 0 fully saturated rings. The second kappa shape index (κ2) is 68.8. The number of carbonyl (C=O) groups excluding carboxylic acids is 2. The average molecular weight is 1110 g/mol. The molecule has 0 spiro atoms. The van der Waals surface area contributed by atoms with Crippen LogP contribution in [-0.2, 0) is 14.3 Å². The summed E-state index contributed by atoms with van der Waals surface area (Å²) in [4.78, 5) is 24.6. The smallest absolute Gasteiger partial charge is 0.305 e. The monoisotopic (exact) mass is 1110 g/mol. The number of esters is 1. The number of carbonyl (C=O) groups is 2. The number of hydrogen-bond acceptors (Lipinski definition) is 5. The van der Waals surface area contributed by atoms with Gasteiger partial charge in [0.05, 0.1) is 25.4 Å². The van der Waals surface area contributed by atoms with Crippen LogP contribution in [0.5, 0.6) is 0 Å². The molecule has 0 aliphatic rings. The first-order chi connectivity index (χ1) is 39.0. The fraction of sp³-hybridized carbons (Fsp3) is 0.918. The highest BCUT2D eigenvalue weighted by atomic mass is 16.5. The summed E-state index contributed by atoms with van der Waals surface area (Å²) in [7, 11) is 0. The van der Waals surface area contributed by atoms with Crippen molar-refractivity contribution in [3.8, 4) is 0 Å². The first kappa shape index (κ1) is 77.3. The van der Waals surface area contributed by atoms with Crippen LogP contribution in [0.15, 0.2) is 24.3 Å². The highest BCUT2D eigenvalue weighted by molar-refractivity contribution is 5.76. The summed E-state index contributed by atoms with van der Waals surface area (Å²) in [6, 6.07) is -0.624. The number of ether oxygens (including phenoxy) is 1. The lowest BCUT2D eigenvalue weighted by atomic mass is 10.0. The number of amides is 1. The van der Waals surface area contributed by atoms with E-state index in [0.717, 1.165) is 44.9 Å². The minimum atomic E-state index is -0.841. The molecule has 0 aliphatic carbocycles. The van der Waals surface area contributed by atoms with Gasteiger partial charge in [-0.25, -0.2) is 0 Å². The van der Waals surface area contributed by atoms with E-state index in [4.69, 9.17) is 4.74 Å². The standard InChI is InChI=1S/C73H141NO5/c1-3-5-7-9-11-13-15-17-19-39-43-47-51-55-59-63-67-73(78)79-68-64-60-56-52-48-44-40-36-34-32-30-28-26-24-22-20-21-23-25-27-29-31-33-35-38-42-46-50-54-58-62-66-72(77)74-70(69-75)71(76)65-61-57-53-49-45-41-37-18-16-14-12-10-8-6-4-2/h19,39,61,65,70-71,75-76H,3-18,20-38,40-60,62-64,66-69H2,1-2H3,(H,74,77)/b39-19-,65-61+. The molecule has 0 aliphatic heterocycles. The van der Waals surface area contributed by atoms with Gasteiger partial charge in [-0.1, -0.05) is 359 Å². The number of unbranched alkanes of at least 4 members (excludes halogenated alkanes) is 55. The second-order valence-electron chi connectivity index (χ2n) is 24.9. The molecule has 0 saturated carbocycles. The third-order valence-electron chi connectivity index (χ3n) is 17.0. The lowest BCUT2D eigenvalue weighted by Crippen LogP contribution is -2.45. The van der Waals surface area contributed by atoms with Gasteiger partial charge in [0, 0.05) is 12.8 Å². The minimum absolute atomic E-state index is 0.0137. The van der Waals surface area contributed by atoms with Crippen molar-refractivity contribution in [2.75, 3.05) is 13.2 Å². The van der Waals surface area contributed by atoms with Gasteiger partial charge in [-0.15, -0.1) is 0 Å². The van der Waals surface area contributed by atoms with Gasteiger partial charge in [0.15, 0.2) is 0 Å². The number of aliphatic hydroxyl groups is 2. The van der Waals surface area contributed by atoms with E-state index in [-0.39, 0.29) is 18.5 Å². The van der Waals surface area contributed by atoms with Crippen LogP contribution in [0.25, 0.3) is 0 Å². The van der Waals surface area contributed by atoms with E-state index in [1.165, 1.54) is 334 Å². The quantitative estimate of drug-likeness (QED) is 0.0320. The first-order valence-corrected chi connectivity index (χ1v) is 36.1. The molecule has 2 unspecified atom stereocenters. The number of rotatable bonds is 68. The SMILES string of the molecule is CCCCCCCCC/C=C\CCCCCCCC(=O)OCCCCCCCCCCCCCCCCCCCCCCCCCCCCCCCCCC(=O)NC(CO)C(O)/C=C/CCCCCCCCCCCCCCC. The van der Waals surface area contributed by atoms with E-state index in [0.29, 0.717) is 19.4 Å². The molecule has 0 radical (unpaired) electrons.